The number of rotatable bonds is 5. The van der Waals surface area contributed by atoms with Crippen LogP contribution in [0.3, 0.4) is 0 Å². The van der Waals surface area contributed by atoms with Gasteiger partial charge in [0, 0.05) is 49.0 Å². The van der Waals surface area contributed by atoms with Crippen LogP contribution in [0, 0.1) is 0 Å². The van der Waals surface area contributed by atoms with Gasteiger partial charge in [-0.3, -0.25) is 0 Å². The Morgan fingerprint density at radius 2 is 1.61 bits per heavy atom. The van der Waals surface area contributed by atoms with Crippen LogP contribution in [0.15, 0.2) is 40.2 Å². The summed E-state index contributed by atoms with van der Waals surface area (Å²) in [6.45, 7) is 1.00. The average Bonchev–Trinajstić information content (AvgIpc) is 3.28. The summed E-state index contributed by atoms with van der Waals surface area (Å²) in [5.41, 5.74) is -3.78. The molecule has 0 saturated carbocycles. The third kappa shape index (κ3) is 5.09. The van der Waals surface area contributed by atoms with Gasteiger partial charge in [-0.25, -0.2) is 18.2 Å². The number of thiazole rings is 1. The van der Waals surface area contributed by atoms with Gasteiger partial charge in [0.15, 0.2) is 0 Å². The van der Waals surface area contributed by atoms with E-state index < -0.39 is 39.5 Å². The first-order valence-corrected chi connectivity index (χ1v) is 11.6. The molecule has 3 rings (SSSR count). The van der Waals surface area contributed by atoms with E-state index in [2.05, 4.69) is 9.72 Å². The molecule has 2 heterocycles. The molecule has 15 heteroatoms. The molecule has 33 heavy (non-hydrogen) atoms. The van der Waals surface area contributed by atoms with Crippen molar-refractivity contribution in [3.8, 4) is 0 Å². The molecule has 1 aromatic carbocycles. The molecule has 0 N–H and O–H groups in total. The van der Waals surface area contributed by atoms with Crippen LogP contribution in [0.5, 0.6) is 0 Å². The maximum Gasteiger partial charge on any atom is 0.490 e. The van der Waals surface area contributed by atoms with Crippen molar-refractivity contribution in [2.75, 3.05) is 31.1 Å². The predicted octanol–water partition coefficient (Wildman–Crippen LogP) is 3.54. The average molecular weight is 517 g/mol. The molecule has 1 atom stereocenters. The van der Waals surface area contributed by atoms with Gasteiger partial charge in [0.1, 0.15) is 0 Å². The number of anilines is 1. The van der Waals surface area contributed by atoms with Gasteiger partial charge in [-0.05, 0) is 19.1 Å². The summed E-state index contributed by atoms with van der Waals surface area (Å²) in [4.78, 5) is 16.6. The first-order chi connectivity index (χ1) is 15.2. The molecule has 1 aliphatic rings. The number of benzene rings is 1. The Morgan fingerprint density at radius 1 is 1.03 bits per heavy atom. The van der Waals surface area contributed by atoms with Crippen molar-refractivity contribution in [3.63, 3.8) is 0 Å². The minimum atomic E-state index is -5.59. The van der Waals surface area contributed by atoms with Crippen LogP contribution in [0.4, 0.5) is 32.0 Å². The standard InChI is InChI=1S/C18H17F6N3O4S2/c1-16(18(22,23)24,31-14(28)17(19,20)21)12-2-4-13(5-3-12)26-7-9-27(10-8-26)33(29,30)15-25-6-11-32-15/h2-6,11H,7-10H2,1H3. The summed E-state index contributed by atoms with van der Waals surface area (Å²) in [5, 5.41) is 1.53. The molecule has 182 valence electrons. The highest BCUT2D eigenvalue weighted by atomic mass is 32.2. The van der Waals surface area contributed by atoms with Crippen LogP contribution in [0.2, 0.25) is 0 Å². The molecular formula is C18H17F6N3O4S2. The zero-order valence-corrected chi connectivity index (χ0v) is 18.5. The van der Waals surface area contributed by atoms with Crippen molar-refractivity contribution < 1.29 is 44.3 Å². The minimum Gasteiger partial charge on any atom is -0.438 e. The van der Waals surface area contributed by atoms with Crippen molar-refractivity contribution in [3.05, 3.63) is 41.4 Å². The Kier molecular flexibility index (Phi) is 6.70. The molecule has 1 unspecified atom stereocenters. The van der Waals surface area contributed by atoms with Crippen molar-refractivity contribution in [1.29, 1.82) is 0 Å². The maximum absolute atomic E-state index is 13.5. The van der Waals surface area contributed by atoms with Crippen LogP contribution >= 0.6 is 11.3 Å². The molecule has 1 aromatic heterocycles. The van der Waals surface area contributed by atoms with Gasteiger partial charge in [0.25, 0.3) is 10.0 Å². The zero-order chi connectivity index (χ0) is 24.7. The molecule has 0 radical (unpaired) electrons. The molecular weight excluding hydrogens is 500 g/mol. The molecule has 1 fully saturated rings. The highest BCUT2D eigenvalue weighted by Crippen LogP contribution is 2.43. The van der Waals surface area contributed by atoms with Gasteiger partial charge in [0.05, 0.1) is 0 Å². The Labute approximate surface area is 188 Å². The van der Waals surface area contributed by atoms with E-state index in [0.29, 0.717) is 12.6 Å². The first kappa shape index (κ1) is 25.2. The minimum absolute atomic E-state index is 0.0415. The smallest absolute Gasteiger partial charge is 0.438 e. The molecule has 1 saturated heterocycles. The summed E-state index contributed by atoms with van der Waals surface area (Å²) in [5.74, 6) is -2.95. The van der Waals surface area contributed by atoms with Gasteiger partial charge < -0.3 is 9.64 Å². The summed E-state index contributed by atoms with van der Waals surface area (Å²) in [6, 6.07) is 4.33. The SMILES string of the molecule is CC(OC(=O)C(F)(F)F)(c1ccc(N2CCN(S(=O)(=O)c3nccs3)CC2)cc1)C(F)(F)F. The van der Waals surface area contributed by atoms with Crippen molar-refractivity contribution in [2.45, 2.75) is 29.2 Å². The van der Waals surface area contributed by atoms with Gasteiger partial charge >= 0.3 is 18.3 Å². The largest absolute Gasteiger partial charge is 0.490 e. The van der Waals surface area contributed by atoms with Crippen LogP contribution in [0.25, 0.3) is 0 Å². The second-order valence-electron chi connectivity index (χ2n) is 7.15. The number of nitrogens with zero attached hydrogens (tertiary/aromatic N) is 3. The topological polar surface area (TPSA) is 79.8 Å². The number of sulfonamides is 1. The fourth-order valence-corrected chi connectivity index (χ4v) is 5.54. The third-order valence-electron chi connectivity index (χ3n) is 5.06. The Bertz CT molecular complexity index is 1080. The van der Waals surface area contributed by atoms with Crippen LogP contribution in [0.1, 0.15) is 12.5 Å². The number of aromatic nitrogens is 1. The maximum atomic E-state index is 13.5. The molecule has 0 bridgehead atoms. The fraction of sp³-hybridized carbons (Fsp3) is 0.444. The number of esters is 1. The van der Waals surface area contributed by atoms with Crippen LogP contribution < -0.4 is 4.90 Å². The first-order valence-electron chi connectivity index (χ1n) is 9.28. The Hall–Kier alpha value is -2.39. The van der Waals surface area contributed by atoms with Crippen molar-refractivity contribution >= 4 is 33.0 Å². The number of piperazine rings is 1. The third-order valence-corrected chi connectivity index (χ3v) is 8.14. The number of alkyl halides is 6. The molecule has 1 aliphatic heterocycles. The summed E-state index contributed by atoms with van der Waals surface area (Å²) in [6.07, 6.45) is -9.54. The van der Waals surface area contributed by atoms with Gasteiger partial charge in [0.2, 0.25) is 9.94 Å². The summed E-state index contributed by atoms with van der Waals surface area (Å²) < 4.78 is 108. The molecule has 0 aliphatic carbocycles. The Balaban J connectivity index is 1.75. The lowest BCUT2D eigenvalue weighted by atomic mass is 9.94. The van der Waals surface area contributed by atoms with E-state index in [1.807, 2.05) is 0 Å². The van der Waals surface area contributed by atoms with E-state index >= 15 is 0 Å². The van der Waals surface area contributed by atoms with E-state index in [-0.39, 0.29) is 30.5 Å². The molecule has 0 spiro atoms. The second kappa shape index (κ2) is 8.76. The summed E-state index contributed by atoms with van der Waals surface area (Å²) in [7, 11) is -3.74. The number of hydrogen-bond acceptors (Lipinski definition) is 7. The van der Waals surface area contributed by atoms with Crippen molar-refractivity contribution in [1.82, 2.24) is 9.29 Å². The highest BCUT2D eigenvalue weighted by molar-refractivity contribution is 7.91. The lowest BCUT2D eigenvalue weighted by molar-refractivity contribution is -0.285. The van der Waals surface area contributed by atoms with Crippen LogP contribution in [-0.4, -0.2) is 62.2 Å². The lowest BCUT2D eigenvalue weighted by Gasteiger charge is -2.36. The monoisotopic (exact) mass is 517 g/mol. The molecule has 0 amide bonds. The van der Waals surface area contributed by atoms with E-state index in [1.54, 1.807) is 4.90 Å². The van der Waals surface area contributed by atoms with E-state index in [0.717, 1.165) is 23.5 Å². The van der Waals surface area contributed by atoms with Crippen LogP contribution in [-0.2, 0) is 25.2 Å². The fourth-order valence-electron chi connectivity index (χ4n) is 3.15. The number of halogens is 6. The van der Waals surface area contributed by atoms with Gasteiger partial charge in [-0.15, -0.1) is 11.3 Å². The molecule has 2 aromatic rings. The summed E-state index contributed by atoms with van der Waals surface area (Å²) >= 11 is 0.980. The Morgan fingerprint density at radius 3 is 2.06 bits per heavy atom. The van der Waals surface area contributed by atoms with E-state index in [4.69, 9.17) is 0 Å². The lowest BCUT2D eigenvalue weighted by Crippen LogP contribution is -2.48. The predicted molar refractivity (Wildman–Crippen MR) is 105 cm³/mol. The number of carbonyl (C=O) groups is 1. The van der Waals surface area contributed by atoms with E-state index in [1.165, 1.54) is 28.0 Å². The molecule has 7 nitrogen and oxygen atoms in total. The van der Waals surface area contributed by atoms with Gasteiger partial charge in [-0.1, -0.05) is 12.1 Å². The highest BCUT2D eigenvalue weighted by Gasteiger charge is 2.59. The van der Waals surface area contributed by atoms with Gasteiger partial charge in [-0.2, -0.15) is 30.6 Å². The number of ether oxygens (including phenoxy) is 1. The quantitative estimate of drug-likeness (QED) is 0.446. The number of carbonyl (C=O) groups excluding carboxylic acids is 1. The normalized spacial score (nSPS) is 18.1. The second-order valence-corrected chi connectivity index (χ2v) is 10.2. The zero-order valence-electron chi connectivity index (χ0n) is 16.9. The number of hydrogen-bond donors (Lipinski definition) is 0. The van der Waals surface area contributed by atoms with Crippen molar-refractivity contribution in [2.24, 2.45) is 0 Å². The van der Waals surface area contributed by atoms with E-state index in [9.17, 15) is 39.6 Å².